The van der Waals surface area contributed by atoms with Crippen molar-refractivity contribution in [3.8, 4) is 0 Å². The van der Waals surface area contributed by atoms with E-state index in [4.69, 9.17) is 10.6 Å². The summed E-state index contributed by atoms with van der Waals surface area (Å²) < 4.78 is 5.23. The molecule has 0 radical (unpaired) electrons. The van der Waals surface area contributed by atoms with Crippen LogP contribution in [0.5, 0.6) is 0 Å². The second-order valence-corrected chi connectivity index (χ2v) is 3.47. The van der Waals surface area contributed by atoms with Gasteiger partial charge in [-0.3, -0.25) is 10.2 Å². The molecule has 0 bridgehead atoms. The van der Waals surface area contributed by atoms with Gasteiger partial charge in [0.25, 0.3) is 5.91 Å². The molecule has 14 heavy (non-hydrogen) atoms. The summed E-state index contributed by atoms with van der Waals surface area (Å²) in [5.41, 5.74) is 2.94. The van der Waals surface area contributed by atoms with Gasteiger partial charge in [-0.1, -0.05) is 6.08 Å². The Morgan fingerprint density at radius 3 is 3.21 bits per heavy atom. The van der Waals surface area contributed by atoms with E-state index in [-0.39, 0.29) is 5.91 Å². The van der Waals surface area contributed by atoms with Crippen molar-refractivity contribution < 1.29 is 9.53 Å². The van der Waals surface area contributed by atoms with E-state index in [9.17, 15) is 4.79 Å². The van der Waals surface area contributed by atoms with E-state index in [1.165, 1.54) is 11.3 Å². The molecule has 1 aromatic heterocycles. The first kappa shape index (κ1) is 10.9. The van der Waals surface area contributed by atoms with Crippen LogP contribution in [0.4, 0.5) is 0 Å². The number of amides is 1. The lowest BCUT2D eigenvalue weighted by Gasteiger charge is -2.02. The van der Waals surface area contributed by atoms with Crippen molar-refractivity contribution in [1.82, 2.24) is 5.43 Å². The number of ether oxygens (including phenoxy) is 1. The van der Waals surface area contributed by atoms with E-state index in [0.29, 0.717) is 18.1 Å². The number of carbonyl (C=O) groups excluding carboxylic acids is 1. The van der Waals surface area contributed by atoms with Crippen LogP contribution < -0.4 is 11.3 Å². The van der Waals surface area contributed by atoms with Gasteiger partial charge in [-0.05, 0) is 11.4 Å². The van der Waals surface area contributed by atoms with Crippen LogP contribution in [0.15, 0.2) is 24.1 Å². The number of rotatable bonds is 5. The first-order chi connectivity index (χ1) is 6.79. The van der Waals surface area contributed by atoms with Crippen LogP contribution >= 0.6 is 11.3 Å². The highest BCUT2D eigenvalue weighted by Crippen LogP contribution is 2.17. The number of carbonyl (C=O) groups is 1. The summed E-state index contributed by atoms with van der Waals surface area (Å²) in [7, 11) is 0. The van der Waals surface area contributed by atoms with E-state index < -0.39 is 0 Å². The first-order valence-corrected chi connectivity index (χ1v) is 4.93. The lowest BCUT2D eigenvalue weighted by atomic mass is 10.2. The molecule has 0 aliphatic carbocycles. The van der Waals surface area contributed by atoms with Gasteiger partial charge >= 0.3 is 0 Å². The third-order valence-corrected chi connectivity index (χ3v) is 2.53. The third-order valence-electron chi connectivity index (χ3n) is 1.58. The van der Waals surface area contributed by atoms with Crippen molar-refractivity contribution in [3.05, 3.63) is 34.5 Å². The summed E-state index contributed by atoms with van der Waals surface area (Å²) in [4.78, 5) is 11.8. The quantitative estimate of drug-likeness (QED) is 0.252. The topological polar surface area (TPSA) is 64.3 Å². The lowest BCUT2D eigenvalue weighted by Crippen LogP contribution is -2.30. The smallest absolute Gasteiger partial charge is 0.275 e. The highest BCUT2D eigenvalue weighted by atomic mass is 32.1. The van der Waals surface area contributed by atoms with Crippen LogP contribution in [0.1, 0.15) is 15.2 Å². The molecule has 0 aromatic carbocycles. The predicted octanol–water partition coefficient (Wildman–Crippen LogP) is 1.05. The van der Waals surface area contributed by atoms with Crippen molar-refractivity contribution >= 4 is 17.2 Å². The monoisotopic (exact) mass is 212 g/mol. The van der Waals surface area contributed by atoms with E-state index in [1.807, 2.05) is 11.4 Å². The van der Waals surface area contributed by atoms with Crippen molar-refractivity contribution in [2.24, 2.45) is 5.84 Å². The summed E-state index contributed by atoms with van der Waals surface area (Å²) in [6, 6.07) is 1.85. The van der Waals surface area contributed by atoms with E-state index in [1.54, 1.807) is 6.08 Å². The average molecular weight is 212 g/mol. The van der Waals surface area contributed by atoms with Crippen molar-refractivity contribution in [1.29, 1.82) is 0 Å². The zero-order valence-corrected chi connectivity index (χ0v) is 8.47. The molecule has 1 aromatic rings. The minimum atomic E-state index is -0.280. The standard InChI is InChI=1S/C9H12N2O2S/c1-2-4-13-6-7-3-5-14-8(7)9(12)11-10/h2-3,5H,1,4,6,10H2,(H,11,12). The molecular weight excluding hydrogens is 200 g/mol. The maximum absolute atomic E-state index is 11.2. The highest BCUT2D eigenvalue weighted by molar-refractivity contribution is 7.12. The maximum atomic E-state index is 11.2. The molecule has 1 rings (SSSR count). The molecule has 0 aliphatic heterocycles. The van der Waals surface area contributed by atoms with Gasteiger partial charge in [0.15, 0.2) is 0 Å². The molecule has 0 saturated carbocycles. The number of hydrazine groups is 1. The summed E-state index contributed by atoms with van der Waals surface area (Å²) >= 11 is 1.34. The number of nitrogens with two attached hydrogens (primary N) is 1. The molecular formula is C9H12N2O2S. The number of hydrogen-bond donors (Lipinski definition) is 2. The fourth-order valence-electron chi connectivity index (χ4n) is 0.966. The van der Waals surface area contributed by atoms with E-state index in [2.05, 4.69) is 12.0 Å². The van der Waals surface area contributed by atoms with Gasteiger partial charge in [-0.25, -0.2) is 5.84 Å². The Morgan fingerprint density at radius 2 is 2.57 bits per heavy atom. The van der Waals surface area contributed by atoms with Gasteiger partial charge in [0.1, 0.15) is 0 Å². The highest BCUT2D eigenvalue weighted by Gasteiger charge is 2.11. The maximum Gasteiger partial charge on any atom is 0.275 e. The first-order valence-electron chi connectivity index (χ1n) is 4.05. The molecule has 4 nitrogen and oxygen atoms in total. The van der Waals surface area contributed by atoms with Crippen LogP contribution in [0.2, 0.25) is 0 Å². The molecule has 0 aliphatic rings. The van der Waals surface area contributed by atoms with Gasteiger partial charge < -0.3 is 4.74 Å². The third kappa shape index (κ3) is 2.66. The second kappa shape index (κ2) is 5.54. The van der Waals surface area contributed by atoms with Gasteiger partial charge in [0.05, 0.1) is 18.1 Å². The minimum Gasteiger partial charge on any atom is -0.373 e. The minimum absolute atomic E-state index is 0.280. The molecule has 1 heterocycles. The normalized spacial score (nSPS) is 9.79. The van der Waals surface area contributed by atoms with Gasteiger partial charge in [-0.15, -0.1) is 17.9 Å². The fourth-order valence-corrected chi connectivity index (χ4v) is 1.78. The van der Waals surface area contributed by atoms with Crippen LogP contribution in [0.3, 0.4) is 0 Å². The zero-order valence-electron chi connectivity index (χ0n) is 7.66. The number of nitrogen functional groups attached to an aromatic ring is 1. The number of nitrogens with one attached hydrogen (secondary N) is 1. The summed E-state index contributed by atoms with van der Waals surface area (Å²) in [5, 5.41) is 1.83. The SMILES string of the molecule is C=CCOCc1ccsc1C(=O)NN. The molecule has 5 heteroatoms. The molecule has 0 fully saturated rings. The zero-order chi connectivity index (χ0) is 10.4. The second-order valence-electron chi connectivity index (χ2n) is 2.55. The van der Waals surface area contributed by atoms with E-state index >= 15 is 0 Å². The van der Waals surface area contributed by atoms with E-state index in [0.717, 1.165) is 5.56 Å². The number of thiophene rings is 1. The molecule has 76 valence electrons. The Morgan fingerprint density at radius 1 is 1.79 bits per heavy atom. The Bertz CT molecular complexity index is 322. The Labute approximate surface area is 86.3 Å². The summed E-state index contributed by atoms with van der Waals surface area (Å²) in [5.74, 6) is 4.76. The van der Waals surface area contributed by atoms with Crippen LogP contribution in [0, 0.1) is 0 Å². The van der Waals surface area contributed by atoms with Crippen molar-refractivity contribution in [2.75, 3.05) is 6.61 Å². The average Bonchev–Trinajstić information content (AvgIpc) is 2.65. The van der Waals surface area contributed by atoms with Crippen LogP contribution in [0.25, 0.3) is 0 Å². The summed E-state index contributed by atoms with van der Waals surface area (Å²) in [6.07, 6.45) is 1.66. The molecule has 0 atom stereocenters. The molecule has 0 unspecified atom stereocenters. The molecule has 1 amide bonds. The summed E-state index contributed by atoms with van der Waals surface area (Å²) in [6.45, 7) is 4.40. The lowest BCUT2D eigenvalue weighted by molar-refractivity contribution is 0.0951. The molecule has 0 saturated heterocycles. The van der Waals surface area contributed by atoms with Gasteiger partial charge in [0, 0.05) is 5.56 Å². The van der Waals surface area contributed by atoms with Crippen LogP contribution in [-0.2, 0) is 11.3 Å². The Hall–Kier alpha value is -1.17. The van der Waals surface area contributed by atoms with Crippen LogP contribution in [-0.4, -0.2) is 12.5 Å². The molecule has 3 N–H and O–H groups in total. The Kier molecular flexibility index (Phi) is 4.31. The van der Waals surface area contributed by atoms with Gasteiger partial charge in [0.2, 0.25) is 0 Å². The van der Waals surface area contributed by atoms with Gasteiger partial charge in [-0.2, -0.15) is 0 Å². The number of hydrogen-bond acceptors (Lipinski definition) is 4. The fraction of sp³-hybridized carbons (Fsp3) is 0.222. The molecule has 0 spiro atoms. The predicted molar refractivity (Wildman–Crippen MR) is 55.8 cm³/mol. The Balaban J connectivity index is 2.62. The van der Waals surface area contributed by atoms with Crippen molar-refractivity contribution in [3.63, 3.8) is 0 Å². The van der Waals surface area contributed by atoms with Crippen molar-refractivity contribution in [2.45, 2.75) is 6.61 Å². The largest absolute Gasteiger partial charge is 0.373 e.